The van der Waals surface area contributed by atoms with Crippen molar-refractivity contribution < 1.29 is 9.59 Å². The molecule has 0 radical (unpaired) electrons. The molecule has 0 aliphatic rings. The molecule has 0 atom stereocenters. The van der Waals surface area contributed by atoms with E-state index in [1.165, 1.54) is 25.0 Å². The molecule has 0 spiro atoms. The molecule has 20 heavy (non-hydrogen) atoms. The van der Waals surface area contributed by atoms with Gasteiger partial charge >= 0.3 is 0 Å². The number of aromatic nitrogens is 3. The molecule has 0 fully saturated rings. The highest BCUT2D eigenvalue weighted by Gasteiger charge is 2.06. The summed E-state index contributed by atoms with van der Waals surface area (Å²) in [7, 11) is 0. The van der Waals surface area contributed by atoms with Gasteiger partial charge in [-0.05, 0) is 18.2 Å². The van der Waals surface area contributed by atoms with Crippen LogP contribution < -0.4 is 10.6 Å². The van der Waals surface area contributed by atoms with Gasteiger partial charge in [0.25, 0.3) is 0 Å². The molecule has 0 saturated heterocycles. The molecular formula is C12H13N5O2S. The van der Waals surface area contributed by atoms with Gasteiger partial charge in [0.15, 0.2) is 5.16 Å². The molecule has 2 aromatic rings. The van der Waals surface area contributed by atoms with Gasteiger partial charge in [-0.2, -0.15) is 5.10 Å². The lowest BCUT2D eigenvalue weighted by atomic mass is 10.2. The normalized spacial score (nSPS) is 10.1. The summed E-state index contributed by atoms with van der Waals surface area (Å²) in [6.45, 7) is 1.43. The van der Waals surface area contributed by atoms with Crippen LogP contribution in [0, 0.1) is 0 Å². The Labute approximate surface area is 119 Å². The van der Waals surface area contributed by atoms with Crippen molar-refractivity contribution in [2.24, 2.45) is 0 Å². The van der Waals surface area contributed by atoms with E-state index in [1.54, 1.807) is 24.3 Å². The number of carbonyl (C=O) groups excluding carboxylic acids is 2. The van der Waals surface area contributed by atoms with Gasteiger partial charge in [-0.3, -0.25) is 14.7 Å². The van der Waals surface area contributed by atoms with E-state index in [2.05, 4.69) is 25.8 Å². The number of thioether (sulfide) groups is 1. The largest absolute Gasteiger partial charge is 0.326 e. The lowest BCUT2D eigenvalue weighted by Crippen LogP contribution is -2.14. The first-order valence-electron chi connectivity index (χ1n) is 5.79. The zero-order valence-corrected chi connectivity index (χ0v) is 11.5. The Bertz CT molecular complexity index is 600. The van der Waals surface area contributed by atoms with Gasteiger partial charge in [-0.1, -0.05) is 17.8 Å². The van der Waals surface area contributed by atoms with E-state index in [9.17, 15) is 9.59 Å². The van der Waals surface area contributed by atoms with Gasteiger partial charge in [0.2, 0.25) is 11.8 Å². The van der Waals surface area contributed by atoms with Crippen LogP contribution in [0.4, 0.5) is 11.4 Å². The van der Waals surface area contributed by atoms with Crippen molar-refractivity contribution in [1.29, 1.82) is 0 Å². The van der Waals surface area contributed by atoms with Crippen LogP contribution in [0.1, 0.15) is 6.92 Å². The molecular weight excluding hydrogens is 278 g/mol. The number of H-pyrrole nitrogens is 1. The third-order valence-corrected chi connectivity index (χ3v) is 3.08. The number of hydrogen-bond acceptors (Lipinski definition) is 5. The maximum atomic E-state index is 11.8. The molecule has 1 heterocycles. The molecule has 0 bridgehead atoms. The number of benzene rings is 1. The minimum absolute atomic E-state index is 0.158. The van der Waals surface area contributed by atoms with Crippen molar-refractivity contribution in [3.05, 3.63) is 30.6 Å². The number of amides is 2. The van der Waals surface area contributed by atoms with Crippen LogP contribution in [0.3, 0.4) is 0 Å². The minimum Gasteiger partial charge on any atom is -0.326 e. The summed E-state index contributed by atoms with van der Waals surface area (Å²) in [5, 5.41) is 12.3. The number of nitrogens with one attached hydrogen (secondary N) is 3. The van der Waals surface area contributed by atoms with Crippen LogP contribution in [0.5, 0.6) is 0 Å². The molecule has 7 nitrogen and oxygen atoms in total. The Morgan fingerprint density at radius 3 is 2.70 bits per heavy atom. The Balaban J connectivity index is 1.88. The van der Waals surface area contributed by atoms with Gasteiger partial charge in [0.1, 0.15) is 6.33 Å². The smallest absolute Gasteiger partial charge is 0.234 e. The monoisotopic (exact) mass is 291 g/mol. The van der Waals surface area contributed by atoms with Crippen molar-refractivity contribution in [3.8, 4) is 0 Å². The molecule has 1 aromatic heterocycles. The summed E-state index contributed by atoms with van der Waals surface area (Å²) in [6.07, 6.45) is 1.39. The summed E-state index contributed by atoms with van der Waals surface area (Å²) in [4.78, 5) is 26.6. The molecule has 8 heteroatoms. The predicted molar refractivity (Wildman–Crippen MR) is 76.5 cm³/mol. The van der Waals surface area contributed by atoms with Gasteiger partial charge in [-0.25, -0.2) is 4.98 Å². The van der Waals surface area contributed by atoms with Gasteiger partial charge in [0, 0.05) is 18.3 Å². The first-order chi connectivity index (χ1) is 9.63. The quantitative estimate of drug-likeness (QED) is 0.725. The fourth-order valence-corrected chi connectivity index (χ4v) is 2.05. The molecule has 104 valence electrons. The molecule has 3 N–H and O–H groups in total. The topological polar surface area (TPSA) is 99.8 Å². The Kier molecular flexibility index (Phi) is 4.72. The minimum atomic E-state index is -0.161. The molecule has 2 amide bonds. The molecule has 0 saturated carbocycles. The number of aromatic amines is 1. The summed E-state index contributed by atoms with van der Waals surface area (Å²) in [5.41, 5.74) is 1.26. The number of nitrogens with zero attached hydrogens (tertiary/aromatic N) is 2. The second kappa shape index (κ2) is 6.71. The number of rotatable bonds is 5. The third kappa shape index (κ3) is 4.39. The van der Waals surface area contributed by atoms with Gasteiger partial charge in [-0.15, -0.1) is 0 Å². The van der Waals surface area contributed by atoms with Crippen LogP contribution in [0.15, 0.2) is 35.7 Å². The van der Waals surface area contributed by atoms with Crippen LogP contribution in [-0.2, 0) is 9.59 Å². The summed E-state index contributed by atoms with van der Waals surface area (Å²) in [6, 6.07) is 6.95. The first kappa shape index (κ1) is 14.1. The van der Waals surface area contributed by atoms with Gasteiger partial charge < -0.3 is 10.6 Å². The van der Waals surface area contributed by atoms with E-state index in [0.717, 1.165) is 0 Å². The maximum Gasteiger partial charge on any atom is 0.234 e. The van der Waals surface area contributed by atoms with Crippen molar-refractivity contribution in [1.82, 2.24) is 15.2 Å². The maximum absolute atomic E-state index is 11.8. The Morgan fingerprint density at radius 2 is 2.05 bits per heavy atom. The van der Waals surface area contributed by atoms with E-state index >= 15 is 0 Å². The molecule has 0 aliphatic heterocycles. The molecule has 2 rings (SSSR count). The number of hydrogen-bond donors (Lipinski definition) is 3. The molecule has 0 aliphatic carbocycles. The number of carbonyl (C=O) groups is 2. The standard InChI is InChI=1S/C12H13N5O2S/c1-8(18)15-9-3-2-4-10(5-9)16-11(19)6-20-12-13-7-14-17-12/h2-5,7H,6H2,1H3,(H,15,18)(H,16,19)(H,13,14,17). The summed E-state index contributed by atoms with van der Waals surface area (Å²) in [5.74, 6) is -0.0970. The number of anilines is 2. The van der Waals surface area contributed by atoms with Crippen molar-refractivity contribution in [3.63, 3.8) is 0 Å². The second-order valence-electron chi connectivity index (χ2n) is 3.89. The van der Waals surface area contributed by atoms with E-state index in [4.69, 9.17) is 0 Å². The molecule has 1 aromatic carbocycles. The predicted octanol–water partition coefficient (Wildman–Crippen LogP) is 1.49. The Morgan fingerprint density at radius 1 is 1.30 bits per heavy atom. The first-order valence-corrected chi connectivity index (χ1v) is 6.78. The highest BCUT2D eigenvalue weighted by atomic mass is 32.2. The van der Waals surface area contributed by atoms with Crippen molar-refractivity contribution >= 4 is 35.0 Å². The van der Waals surface area contributed by atoms with E-state index < -0.39 is 0 Å². The van der Waals surface area contributed by atoms with E-state index in [-0.39, 0.29) is 17.6 Å². The van der Waals surface area contributed by atoms with E-state index in [1.807, 2.05) is 0 Å². The average Bonchev–Trinajstić information content (AvgIpc) is 2.89. The SMILES string of the molecule is CC(=O)Nc1cccc(NC(=O)CSc2ncn[nH]2)c1. The fraction of sp³-hybridized carbons (Fsp3) is 0.167. The van der Waals surface area contributed by atoms with Crippen molar-refractivity contribution in [2.75, 3.05) is 16.4 Å². The lowest BCUT2D eigenvalue weighted by molar-refractivity contribution is -0.114. The zero-order chi connectivity index (χ0) is 14.4. The van der Waals surface area contributed by atoms with Crippen LogP contribution in [-0.4, -0.2) is 32.7 Å². The summed E-state index contributed by atoms with van der Waals surface area (Å²) >= 11 is 1.26. The van der Waals surface area contributed by atoms with Crippen LogP contribution in [0.2, 0.25) is 0 Å². The fourth-order valence-electron chi connectivity index (χ4n) is 1.47. The molecule has 0 unspecified atom stereocenters. The summed E-state index contributed by atoms with van der Waals surface area (Å²) < 4.78 is 0. The third-order valence-electron chi connectivity index (χ3n) is 2.20. The average molecular weight is 291 g/mol. The van der Waals surface area contributed by atoms with Crippen molar-refractivity contribution in [2.45, 2.75) is 12.1 Å². The lowest BCUT2D eigenvalue weighted by Gasteiger charge is -2.07. The Hall–Kier alpha value is -2.35. The second-order valence-corrected chi connectivity index (χ2v) is 4.85. The highest BCUT2D eigenvalue weighted by molar-refractivity contribution is 7.99. The van der Waals surface area contributed by atoms with Crippen LogP contribution in [0.25, 0.3) is 0 Å². The van der Waals surface area contributed by atoms with Gasteiger partial charge in [0.05, 0.1) is 5.75 Å². The highest BCUT2D eigenvalue weighted by Crippen LogP contribution is 2.16. The van der Waals surface area contributed by atoms with Crippen LogP contribution >= 0.6 is 11.8 Å². The van der Waals surface area contributed by atoms with E-state index in [0.29, 0.717) is 16.5 Å². The zero-order valence-electron chi connectivity index (χ0n) is 10.7.